The highest BCUT2D eigenvalue weighted by molar-refractivity contribution is 5.79. The number of rotatable bonds is 8. The van der Waals surface area contributed by atoms with Crippen LogP contribution >= 0.6 is 0 Å². The summed E-state index contributed by atoms with van der Waals surface area (Å²) in [6, 6.07) is 16.0. The van der Waals surface area contributed by atoms with E-state index in [2.05, 4.69) is 29.6 Å². The monoisotopic (exact) mass is 450 g/mol. The van der Waals surface area contributed by atoms with Gasteiger partial charge in [-0.1, -0.05) is 48.5 Å². The Labute approximate surface area is 193 Å². The molecule has 2 aromatic carbocycles. The number of ether oxygens (including phenoxy) is 1. The molecular formula is C26H30N2O5. The zero-order valence-corrected chi connectivity index (χ0v) is 18.8. The number of alkyl carbamates (subject to hydrolysis) is 1. The van der Waals surface area contributed by atoms with Gasteiger partial charge in [0, 0.05) is 37.9 Å². The van der Waals surface area contributed by atoms with Gasteiger partial charge in [0.15, 0.2) is 0 Å². The van der Waals surface area contributed by atoms with Crippen LogP contribution in [-0.4, -0.2) is 53.7 Å². The smallest absolute Gasteiger partial charge is 0.407 e. The molecule has 2 unspecified atom stereocenters. The summed E-state index contributed by atoms with van der Waals surface area (Å²) in [7, 11) is 0. The molecule has 2 amide bonds. The molecule has 1 fully saturated rings. The van der Waals surface area contributed by atoms with Crippen molar-refractivity contribution in [3.05, 3.63) is 59.7 Å². The van der Waals surface area contributed by atoms with E-state index >= 15 is 0 Å². The molecule has 7 nitrogen and oxygen atoms in total. The van der Waals surface area contributed by atoms with E-state index in [9.17, 15) is 14.4 Å². The molecule has 174 valence electrons. The van der Waals surface area contributed by atoms with E-state index in [4.69, 9.17) is 9.84 Å². The molecule has 2 atom stereocenters. The van der Waals surface area contributed by atoms with Gasteiger partial charge in [0.1, 0.15) is 6.61 Å². The average molecular weight is 451 g/mol. The molecular weight excluding hydrogens is 420 g/mol. The predicted molar refractivity (Wildman–Crippen MR) is 124 cm³/mol. The minimum atomic E-state index is -0.805. The third kappa shape index (κ3) is 5.35. The molecule has 2 aliphatic rings. The first-order chi connectivity index (χ1) is 15.9. The summed E-state index contributed by atoms with van der Waals surface area (Å²) in [6.45, 7) is 3.25. The Hall–Kier alpha value is -3.35. The number of carbonyl (C=O) groups excluding carboxylic acids is 2. The number of aliphatic carboxylic acids is 1. The summed E-state index contributed by atoms with van der Waals surface area (Å²) in [5.41, 5.74) is 4.66. The Morgan fingerprint density at radius 2 is 1.73 bits per heavy atom. The minimum absolute atomic E-state index is 0.00702. The molecule has 2 aromatic rings. The average Bonchev–Trinajstić information content (AvgIpc) is 3.39. The van der Waals surface area contributed by atoms with Crippen molar-refractivity contribution in [1.29, 1.82) is 0 Å². The Morgan fingerprint density at radius 1 is 1.09 bits per heavy atom. The second kappa shape index (κ2) is 10.1. The van der Waals surface area contributed by atoms with Crippen LogP contribution in [0, 0.1) is 5.92 Å². The molecule has 1 saturated heterocycles. The van der Waals surface area contributed by atoms with Crippen molar-refractivity contribution in [3.63, 3.8) is 0 Å². The number of fused-ring (bicyclic) bond motifs is 3. The maximum Gasteiger partial charge on any atom is 0.407 e. The summed E-state index contributed by atoms with van der Waals surface area (Å²) in [6.07, 6.45) is 1.21. The van der Waals surface area contributed by atoms with Gasteiger partial charge in [-0.25, -0.2) is 4.79 Å². The lowest BCUT2D eigenvalue weighted by molar-refractivity contribution is -0.137. The van der Waals surface area contributed by atoms with Gasteiger partial charge in [-0.2, -0.15) is 0 Å². The number of carboxylic acid groups (broad SMARTS) is 1. The molecule has 1 aliphatic heterocycles. The summed E-state index contributed by atoms with van der Waals surface area (Å²) >= 11 is 0. The van der Waals surface area contributed by atoms with E-state index in [0.717, 1.165) is 17.5 Å². The largest absolute Gasteiger partial charge is 0.481 e. The van der Waals surface area contributed by atoms with Gasteiger partial charge in [0.2, 0.25) is 5.91 Å². The maximum atomic E-state index is 12.6. The predicted octanol–water partition coefficient (Wildman–Crippen LogP) is 4.02. The lowest BCUT2D eigenvalue weighted by Gasteiger charge is -2.20. The summed E-state index contributed by atoms with van der Waals surface area (Å²) in [5, 5.41) is 11.6. The number of hydrogen-bond acceptors (Lipinski definition) is 4. The summed E-state index contributed by atoms with van der Waals surface area (Å²) in [5.74, 6) is -0.608. The lowest BCUT2D eigenvalue weighted by Crippen LogP contribution is -2.39. The standard InChI is InChI=1S/C26H30N2O5/c1-17(14-24(29)28-13-12-18(15-28)10-11-25(30)31)27-26(32)33-16-23-21-8-4-2-6-19(21)20-7-3-5-9-22(20)23/h2-9,17-18,23H,10-16H2,1H3,(H,27,32)(H,30,31). The molecule has 1 heterocycles. The molecule has 0 saturated carbocycles. The topological polar surface area (TPSA) is 95.9 Å². The maximum absolute atomic E-state index is 12.6. The van der Waals surface area contributed by atoms with Crippen LogP contribution in [0.25, 0.3) is 11.1 Å². The van der Waals surface area contributed by atoms with Crippen LogP contribution in [0.3, 0.4) is 0 Å². The Morgan fingerprint density at radius 3 is 2.36 bits per heavy atom. The van der Waals surface area contributed by atoms with E-state index < -0.39 is 12.1 Å². The number of nitrogens with one attached hydrogen (secondary N) is 1. The second-order valence-corrected chi connectivity index (χ2v) is 9.00. The van der Waals surface area contributed by atoms with Crippen molar-refractivity contribution in [3.8, 4) is 11.1 Å². The van der Waals surface area contributed by atoms with Crippen LogP contribution in [0.15, 0.2) is 48.5 Å². The fourth-order valence-electron chi connectivity index (χ4n) is 4.91. The highest BCUT2D eigenvalue weighted by Gasteiger charge is 2.30. The molecule has 0 aromatic heterocycles. The molecule has 33 heavy (non-hydrogen) atoms. The van der Waals surface area contributed by atoms with Gasteiger partial charge in [-0.3, -0.25) is 9.59 Å². The second-order valence-electron chi connectivity index (χ2n) is 9.00. The van der Waals surface area contributed by atoms with Crippen molar-refractivity contribution >= 4 is 18.0 Å². The van der Waals surface area contributed by atoms with Gasteiger partial charge in [0.05, 0.1) is 0 Å². The van der Waals surface area contributed by atoms with Gasteiger partial charge in [-0.15, -0.1) is 0 Å². The molecule has 0 bridgehead atoms. The first-order valence-electron chi connectivity index (χ1n) is 11.5. The zero-order valence-electron chi connectivity index (χ0n) is 18.8. The Balaban J connectivity index is 1.25. The number of nitrogens with zero attached hydrogens (tertiary/aromatic N) is 1. The van der Waals surface area contributed by atoms with E-state index in [-0.39, 0.29) is 43.2 Å². The van der Waals surface area contributed by atoms with Crippen LogP contribution in [0.5, 0.6) is 0 Å². The highest BCUT2D eigenvalue weighted by atomic mass is 16.5. The van der Waals surface area contributed by atoms with Crippen LogP contribution in [-0.2, 0) is 14.3 Å². The van der Waals surface area contributed by atoms with E-state index in [1.165, 1.54) is 11.1 Å². The fraction of sp³-hybridized carbons (Fsp3) is 0.423. The van der Waals surface area contributed by atoms with Gasteiger partial charge < -0.3 is 20.1 Å². The van der Waals surface area contributed by atoms with Crippen molar-refractivity contribution < 1.29 is 24.2 Å². The molecule has 7 heteroatoms. The first-order valence-corrected chi connectivity index (χ1v) is 11.5. The van der Waals surface area contributed by atoms with Crippen LogP contribution in [0.1, 0.15) is 49.7 Å². The molecule has 2 N–H and O–H groups in total. The van der Waals surface area contributed by atoms with Crippen molar-refractivity contribution in [2.45, 2.75) is 44.6 Å². The van der Waals surface area contributed by atoms with Crippen LogP contribution < -0.4 is 5.32 Å². The number of hydrogen-bond donors (Lipinski definition) is 2. The molecule has 4 rings (SSSR count). The van der Waals surface area contributed by atoms with Crippen molar-refractivity contribution in [1.82, 2.24) is 10.2 Å². The minimum Gasteiger partial charge on any atom is -0.481 e. The lowest BCUT2D eigenvalue weighted by atomic mass is 9.98. The fourth-order valence-corrected chi connectivity index (χ4v) is 4.91. The Kier molecular flexibility index (Phi) is 6.96. The van der Waals surface area contributed by atoms with Gasteiger partial charge >= 0.3 is 12.1 Å². The summed E-state index contributed by atoms with van der Waals surface area (Å²) in [4.78, 5) is 37.5. The van der Waals surface area contributed by atoms with Crippen LogP contribution in [0.2, 0.25) is 0 Å². The van der Waals surface area contributed by atoms with Crippen molar-refractivity contribution in [2.24, 2.45) is 5.92 Å². The van der Waals surface area contributed by atoms with E-state index in [1.54, 1.807) is 11.8 Å². The van der Waals surface area contributed by atoms with E-state index in [0.29, 0.717) is 19.5 Å². The number of carbonyl (C=O) groups is 3. The highest BCUT2D eigenvalue weighted by Crippen LogP contribution is 2.44. The third-order valence-corrected chi connectivity index (χ3v) is 6.59. The first kappa shape index (κ1) is 22.8. The van der Waals surface area contributed by atoms with Crippen molar-refractivity contribution in [2.75, 3.05) is 19.7 Å². The number of carboxylic acids is 1. The quantitative estimate of drug-likeness (QED) is 0.633. The molecule has 1 aliphatic carbocycles. The number of benzene rings is 2. The number of amides is 2. The van der Waals surface area contributed by atoms with Crippen LogP contribution in [0.4, 0.5) is 4.79 Å². The zero-order chi connectivity index (χ0) is 23.4. The SMILES string of the molecule is CC(CC(=O)N1CCC(CCC(=O)O)C1)NC(=O)OCC1c2ccccc2-c2ccccc21. The normalized spacial score (nSPS) is 17.8. The van der Waals surface area contributed by atoms with Gasteiger partial charge in [-0.05, 0) is 47.9 Å². The van der Waals surface area contributed by atoms with Gasteiger partial charge in [0.25, 0.3) is 0 Å². The number of likely N-dealkylation sites (tertiary alicyclic amines) is 1. The molecule has 0 spiro atoms. The van der Waals surface area contributed by atoms with E-state index in [1.807, 2.05) is 24.3 Å². The third-order valence-electron chi connectivity index (χ3n) is 6.59. The molecule has 0 radical (unpaired) electrons. The summed E-state index contributed by atoms with van der Waals surface area (Å²) < 4.78 is 5.56. The Bertz CT molecular complexity index is 991.